The number of rotatable bonds is 4. The van der Waals surface area contributed by atoms with Crippen LogP contribution in [-0.2, 0) is 4.74 Å². The first-order valence-electron chi connectivity index (χ1n) is 3.78. The van der Waals surface area contributed by atoms with Crippen molar-refractivity contribution in [1.82, 2.24) is 0 Å². The van der Waals surface area contributed by atoms with E-state index in [1.54, 1.807) is 0 Å². The lowest BCUT2D eigenvalue weighted by Gasteiger charge is -1.95. The Hall–Kier alpha value is -0.920. The number of ether oxygens (including phenoxy) is 1. The molecule has 0 radical (unpaired) electrons. The highest BCUT2D eigenvalue weighted by atomic mass is 16.5. The van der Waals surface area contributed by atoms with E-state index >= 15 is 0 Å². The first-order valence-corrected chi connectivity index (χ1v) is 3.78. The second-order valence-corrected chi connectivity index (χ2v) is 1.97. The summed E-state index contributed by atoms with van der Waals surface area (Å²) >= 11 is 0. The average Bonchev–Trinajstić information content (AvgIpc) is 2.03. The van der Waals surface area contributed by atoms with Gasteiger partial charge in [-0.2, -0.15) is 0 Å². The Balaban J connectivity index is 2.98. The van der Waals surface area contributed by atoms with Crippen molar-refractivity contribution >= 4 is 0 Å². The lowest BCUT2D eigenvalue weighted by atomic mass is 10.4. The van der Waals surface area contributed by atoms with Gasteiger partial charge in [0, 0.05) is 12.8 Å². The summed E-state index contributed by atoms with van der Waals surface area (Å²) < 4.78 is 5.23. The standard InChI is InChI=1S/C10H14O/c1-3-5-7-9-11-10-8-6-4-2/h7-10H2,1-2H3. The molecule has 0 aliphatic heterocycles. The van der Waals surface area contributed by atoms with Gasteiger partial charge in [0.1, 0.15) is 0 Å². The van der Waals surface area contributed by atoms with Crippen LogP contribution in [0.2, 0.25) is 0 Å². The van der Waals surface area contributed by atoms with Crippen LogP contribution >= 0.6 is 0 Å². The molecule has 1 heteroatoms. The van der Waals surface area contributed by atoms with E-state index < -0.39 is 0 Å². The summed E-state index contributed by atoms with van der Waals surface area (Å²) in [6.07, 6.45) is 1.66. The van der Waals surface area contributed by atoms with E-state index in [4.69, 9.17) is 4.74 Å². The van der Waals surface area contributed by atoms with Gasteiger partial charge in [-0.15, -0.1) is 23.7 Å². The lowest BCUT2D eigenvalue weighted by molar-refractivity contribution is 0.146. The molecule has 0 fully saturated rings. The predicted octanol–water partition coefficient (Wildman–Crippen LogP) is 1.83. The molecule has 0 aliphatic rings. The van der Waals surface area contributed by atoms with Gasteiger partial charge in [0.25, 0.3) is 0 Å². The Morgan fingerprint density at radius 1 is 0.909 bits per heavy atom. The van der Waals surface area contributed by atoms with E-state index in [1.807, 2.05) is 13.8 Å². The molecule has 0 saturated heterocycles. The van der Waals surface area contributed by atoms with Crippen LogP contribution in [0.4, 0.5) is 0 Å². The van der Waals surface area contributed by atoms with E-state index in [0.29, 0.717) is 0 Å². The molecule has 0 saturated carbocycles. The summed E-state index contributed by atoms with van der Waals surface area (Å²) in [6, 6.07) is 0. The maximum absolute atomic E-state index is 5.23. The second-order valence-electron chi connectivity index (χ2n) is 1.97. The highest BCUT2D eigenvalue weighted by molar-refractivity contribution is 4.95. The third-order valence-corrected chi connectivity index (χ3v) is 1.10. The minimum absolute atomic E-state index is 0.728. The van der Waals surface area contributed by atoms with Gasteiger partial charge in [0.15, 0.2) is 0 Å². The maximum atomic E-state index is 5.23. The van der Waals surface area contributed by atoms with E-state index in [2.05, 4.69) is 23.7 Å². The molecule has 0 unspecified atom stereocenters. The summed E-state index contributed by atoms with van der Waals surface area (Å²) in [4.78, 5) is 0. The summed E-state index contributed by atoms with van der Waals surface area (Å²) in [5.74, 6) is 11.5. The molecule has 0 N–H and O–H groups in total. The molecule has 11 heavy (non-hydrogen) atoms. The van der Waals surface area contributed by atoms with Crippen LogP contribution in [0.3, 0.4) is 0 Å². The first-order chi connectivity index (χ1) is 5.41. The largest absolute Gasteiger partial charge is 0.379 e. The quantitative estimate of drug-likeness (QED) is 0.439. The fraction of sp³-hybridized carbons (Fsp3) is 0.600. The highest BCUT2D eigenvalue weighted by Gasteiger charge is 1.82. The molecule has 0 heterocycles. The third kappa shape index (κ3) is 9.08. The van der Waals surface area contributed by atoms with Gasteiger partial charge in [-0.1, -0.05) is 0 Å². The van der Waals surface area contributed by atoms with Crippen LogP contribution in [0.15, 0.2) is 0 Å². The van der Waals surface area contributed by atoms with Crippen molar-refractivity contribution in [2.24, 2.45) is 0 Å². The van der Waals surface area contributed by atoms with Crippen molar-refractivity contribution in [1.29, 1.82) is 0 Å². The smallest absolute Gasteiger partial charge is 0.0576 e. The Bertz CT molecular complexity index is 162. The molecule has 0 bridgehead atoms. The average molecular weight is 150 g/mol. The van der Waals surface area contributed by atoms with Gasteiger partial charge in [-0.25, -0.2) is 0 Å². The summed E-state index contributed by atoms with van der Waals surface area (Å²) in [6.45, 7) is 5.13. The normalized spacial score (nSPS) is 7.45. The molecule has 0 rings (SSSR count). The van der Waals surface area contributed by atoms with Crippen molar-refractivity contribution in [3.05, 3.63) is 0 Å². The van der Waals surface area contributed by atoms with Crippen LogP contribution in [0.25, 0.3) is 0 Å². The SMILES string of the molecule is CC#CCCOCCC#CC. The van der Waals surface area contributed by atoms with E-state index in [-0.39, 0.29) is 0 Å². The molecule has 60 valence electrons. The van der Waals surface area contributed by atoms with Crippen LogP contribution in [0, 0.1) is 23.7 Å². The summed E-state index contributed by atoms with van der Waals surface area (Å²) in [5, 5.41) is 0. The zero-order valence-corrected chi connectivity index (χ0v) is 7.24. The summed E-state index contributed by atoms with van der Waals surface area (Å²) in [5.41, 5.74) is 0. The van der Waals surface area contributed by atoms with Crippen LogP contribution in [0.1, 0.15) is 26.7 Å². The van der Waals surface area contributed by atoms with Gasteiger partial charge in [0.2, 0.25) is 0 Å². The van der Waals surface area contributed by atoms with Crippen molar-refractivity contribution in [3.63, 3.8) is 0 Å². The van der Waals surface area contributed by atoms with Gasteiger partial charge in [-0.05, 0) is 13.8 Å². The maximum Gasteiger partial charge on any atom is 0.0576 e. The molecule has 1 nitrogen and oxygen atoms in total. The Kier molecular flexibility index (Phi) is 8.32. The van der Waals surface area contributed by atoms with Gasteiger partial charge in [-0.3, -0.25) is 0 Å². The van der Waals surface area contributed by atoms with Crippen LogP contribution < -0.4 is 0 Å². The lowest BCUT2D eigenvalue weighted by Crippen LogP contribution is -1.94. The fourth-order valence-electron chi connectivity index (χ4n) is 0.598. The fourth-order valence-corrected chi connectivity index (χ4v) is 0.598. The number of hydrogen-bond acceptors (Lipinski definition) is 1. The topological polar surface area (TPSA) is 9.23 Å². The molecule has 0 aromatic rings. The summed E-state index contributed by atoms with van der Waals surface area (Å²) in [7, 11) is 0. The first kappa shape index (κ1) is 10.1. The molecular weight excluding hydrogens is 136 g/mol. The highest BCUT2D eigenvalue weighted by Crippen LogP contribution is 1.83. The number of hydrogen-bond donors (Lipinski definition) is 0. The van der Waals surface area contributed by atoms with Gasteiger partial charge in [0.05, 0.1) is 13.2 Å². The zero-order chi connectivity index (χ0) is 8.36. The predicted molar refractivity (Wildman–Crippen MR) is 47.0 cm³/mol. The van der Waals surface area contributed by atoms with E-state index in [0.717, 1.165) is 26.1 Å². The Labute approximate surface area is 69.1 Å². The van der Waals surface area contributed by atoms with E-state index in [9.17, 15) is 0 Å². The molecule has 0 aliphatic carbocycles. The molecule has 0 atom stereocenters. The minimum atomic E-state index is 0.728. The monoisotopic (exact) mass is 150 g/mol. The Morgan fingerprint density at radius 2 is 1.36 bits per heavy atom. The molecule has 0 aromatic heterocycles. The Morgan fingerprint density at radius 3 is 1.73 bits per heavy atom. The van der Waals surface area contributed by atoms with Crippen LogP contribution in [0.5, 0.6) is 0 Å². The van der Waals surface area contributed by atoms with Crippen molar-refractivity contribution in [2.45, 2.75) is 26.7 Å². The van der Waals surface area contributed by atoms with E-state index in [1.165, 1.54) is 0 Å². The molecule has 0 amide bonds. The minimum Gasteiger partial charge on any atom is -0.379 e. The van der Waals surface area contributed by atoms with Crippen molar-refractivity contribution in [3.8, 4) is 23.7 Å². The van der Waals surface area contributed by atoms with Crippen molar-refractivity contribution in [2.75, 3.05) is 13.2 Å². The molecule has 0 aromatic carbocycles. The molecule has 0 spiro atoms. The second kappa shape index (κ2) is 9.08. The third-order valence-electron chi connectivity index (χ3n) is 1.10. The van der Waals surface area contributed by atoms with Crippen LogP contribution in [-0.4, -0.2) is 13.2 Å². The molecular formula is C10H14O. The van der Waals surface area contributed by atoms with Crippen molar-refractivity contribution < 1.29 is 4.74 Å². The van der Waals surface area contributed by atoms with Gasteiger partial charge >= 0.3 is 0 Å². The van der Waals surface area contributed by atoms with Gasteiger partial charge < -0.3 is 4.74 Å². The zero-order valence-electron chi connectivity index (χ0n) is 7.24.